The van der Waals surface area contributed by atoms with Crippen LogP contribution in [0.4, 0.5) is 0 Å². The van der Waals surface area contributed by atoms with E-state index in [0.717, 1.165) is 16.8 Å². The average molecular weight is 314 g/mol. The van der Waals surface area contributed by atoms with Gasteiger partial charge in [0, 0.05) is 31.7 Å². The summed E-state index contributed by atoms with van der Waals surface area (Å²) in [5, 5.41) is 5.17. The Labute approximate surface area is 133 Å². The molecule has 23 heavy (non-hydrogen) atoms. The predicted molar refractivity (Wildman–Crippen MR) is 81.8 cm³/mol. The van der Waals surface area contributed by atoms with Crippen molar-refractivity contribution in [2.75, 3.05) is 19.7 Å². The van der Waals surface area contributed by atoms with Crippen LogP contribution < -0.4 is 0 Å². The van der Waals surface area contributed by atoms with Gasteiger partial charge in [-0.3, -0.25) is 14.3 Å². The lowest BCUT2D eigenvalue weighted by molar-refractivity contribution is -0.141. The first-order valence-electron chi connectivity index (χ1n) is 7.72. The molecule has 0 unspecified atom stereocenters. The molecule has 2 aliphatic rings. The van der Waals surface area contributed by atoms with Crippen molar-refractivity contribution in [3.05, 3.63) is 23.0 Å². The summed E-state index contributed by atoms with van der Waals surface area (Å²) < 4.78 is 6.76. The molecule has 2 aromatic rings. The third-order valence-corrected chi connectivity index (χ3v) is 4.80. The number of ether oxygens (including phenoxy) is 1. The number of esters is 1. The van der Waals surface area contributed by atoms with Gasteiger partial charge < -0.3 is 9.64 Å². The minimum atomic E-state index is -0.182. The first kappa shape index (κ1) is 14.2. The lowest BCUT2D eigenvalue weighted by atomic mass is 10.0. The van der Waals surface area contributed by atoms with Crippen LogP contribution in [0, 0.1) is 25.7 Å². The van der Waals surface area contributed by atoms with Gasteiger partial charge in [-0.1, -0.05) is 0 Å². The van der Waals surface area contributed by atoms with Gasteiger partial charge >= 0.3 is 5.97 Å². The van der Waals surface area contributed by atoms with Gasteiger partial charge in [0.2, 0.25) is 0 Å². The number of fused-ring (bicyclic) bond motifs is 2. The number of likely N-dealkylation sites (tertiary alicyclic amines) is 1. The second kappa shape index (κ2) is 4.78. The van der Waals surface area contributed by atoms with Gasteiger partial charge in [0.25, 0.3) is 5.91 Å². The lowest BCUT2D eigenvalue weighted by Gasteiger charge is -2.18. The van der Waals surface area contributed by atoms with E-state index >= 15 is 0 Å². The van der Waals surface area contributed by atoms with Gasteiger partial charge in [-0.2, -0.15) is 5.10 Å². The van der Waals surface area contributed by atoms with E-state index < -0.39 is 0 Å². The van der Waals surface area contributed by atoms with Crippen LogP contribution in [-0.4, -0.2) is 51.2 Å². The SMILES string of the molecule is Cc1cc(C(=O)N2C[C@@H]3COC(=O)[C@@H]3C2)c2c(C)nn(C)c2n1. The molecule has 2 atom stereocenters. The van der Waals surface area contributed by atoms with Crippen molar-refractivity contribution in [1.82, 2.24) is 19.7 Å². The van der Waals surface area contributed by atoms with Crippen molar-refractivity contribution >= 4 is 22.9 Å². The number of pyridine rings is 1. The second-order valence-electron chi connectivity index (χ2n) is 6.43. The summed E-state index contributed by atoms with van der Waals surface area (Å²) in [5.41, 5.74) is 2.90. The fourth-order valence-corrected chi connectivity index (χ4v) is 3.68. The normalized spacial score (nSPS) is 23.4. The summed E-state index contributed by atoms with van der Waals surface area (Å²) in [7, 11) is 1.83. The number of rotatable bonds is 1. The zero-order valence-corrected chi connectivity index (χ0v) is 13.4. The Hall–Kier alpha value is -2.44. The largest absolute Gasteiger partial charge is 0.465 e. The highest BCUT2D eigenvalue weighted by Gasteiger charge is 2.45. The highest BCUT2D eigenvalue weighted by molar-refractivity contribution is 6.06. The van der Waals surface area contributed by atoms with Crippen molar-refractivity contribution < 1.29 is 14.3 Å². The van der Waals surface area contributed by atoms with E-state index in [1.807, 2.05) is 27.0 Å². The molecule has 0 N–H and O–H groups in total. The van der Waals surface area contributed by atoms with E-state index in [-0.39, 0.29) is 23.7 Å². The highest BCUT2D eigenvalue weighted by Crippen LogP contribution is 2.32. The van der Waals surface area contributed by atoms with E-state index in [0.29, 0.717) is 30.9 Å². The third-order valence-electron chi connectivity index (χ3n) is 4.80. The van der Waals surface area contributed by atoms with Gasteiger partial charge in [0.05, 0.1) is 29.2 Å². The molecule has 4 heterocycles. The molecule has 0 aromatic carbocycles. The molecule has 2 saturated heterocycles. The van der Waals surface area contributed by atoms with E-state index in [1.165, 1.54) is 0 Å². The molecule has 1 amide bonds. The summed E-state index contributed by atoms with van der Waals surface area (Å²) in [5.74, 6) is -0.287. The van der Waals surface area contributed by atoms with Crippen LogP contribution in [0.25, 0.3) is 11.0 Å². The predicted octanol–water partition coefficient (Wildman–Crippen LogP) is 0.830. The van der Waals surface area contributed by atoms with Gasteiger partial charge in [0.15, 0.2) is 5.65 Å². The Kier molecular flexibility index (Phi) is 2.94. The molecule has 0 radical (unpaired) electrons. The molecule has 0 aliphatic carbocycles. The summed E-state index contributed by atoms with van der Waals surface area (Å²) in [6.07, 6.45) is 0. The minimum absolute atomic E-state index is 0.0567. The van der Waals surface area contributed by atoms with Crippen molar-refractivity contribution in [3.63, 3.8) is 0 Å². The monoisotopic (exact) mass is 314 g/mol. The van der Waals surface area contributed by atoms with Crippen molar-refractivity contribution in [3.8, 4) is 0 Å². The summed E-state index contributed by atoms with van der Waals surface area (Å²) in [4.78, 5) is 31.0. The maximum absolute atomic E-state index is 13.0. The zero-order valence-electron chi connectivity index (χ0n) is 13.4. The van der Waals surface area contributed by atoms with E-state index in [2.05, 4.69) is 10.1 Å². The summed E-state index contributed by atoms with van der Waals surface area (Å²) in [6.45, 7) is 5.17. The van der Waals surface area contributed by atoms with Crippen LogP contribution in [0.3, 0.4) is 0 Å². The lowest BCUT2D eigenvalue weighted by Crippen LogP contribution is -2.31. The van der Waals surface area contributed by atoms with Crippen LogP contribution in [0.5, 0.6) is 0 Å². The van der Waals surface area contributed by atoms with Gasteiger partial charge in [0.1, 0.15) is 0 Å². The number of carbonyl (C=O) groups excluding carboxylic acids is 2. The first-order valence-corrected chi connectivity index (χ1v) is 7.72. The second-order valence-corrected chi connectivity index (χ2v) is 6.43. The minimum Gasteiger partial charge on any atom is -0.465 e. The number of aryl methyl sites for hydroxylation is 3. The Balaban J connectivity index is 1.75. The van der Waals surface area contributed by atoms with Gasteiger partial charge in [-0.15, -0.1) is 0 Å². The van der Waals surface area contributed by atoms with E-state index in [4.69, 9.17) is 4.74 Å². The van der Waals surface area contributed by atoms with Crippen molar-refractivity contribution in [2.45, 2.75) is 13.8 Å². The van der Waals surface area contributed by atoms with Gasteiger partial charge in [-0.25, -0.2) is 4.98 Å². The molecule has 7 nitrogen and oxygen atoms in total. The Bertz CT molecular complexity index is 841. The van der Waals surface area contributed by atoms with Gasteiger partial charge in [-0.05, 0) is 19.9 Å². The van der Waals surface area contributed by atoms with E-state index in [1.54, 1.807) is 9.58 Å². The van der Waals surface area contributed by atoms with Crippen LogP contribution in [0.2, 0.25) is 0 Å². The molecular formula is C16H18N4O3. The Morgan fingerprint density at radius 3 is 2.87 bits per heavy atom. The highest BCUT2D eigenvalue weighted by atomic mass is 16.5. The fraction of sp³-hybridized carbons (Fsp3) is 0.500. The van der Waals surface area contributed by atoms with Crippen molar-refractivity contribution in [2.24, 2.45) is 18.9 Å². The number of hydrogen-bond donors (Lipinski definition) is 0. The quantitative estimate of drug-likeness (QED) is 0.729. The van der Waals surface area contributed by atoms with Crippen LogP contribution in [0.15, 0.2) is 6.07 Å². The fourth-order valence-electron chi connectivity index (χ4n) is 3.68. The number of nitrogens with zero attached hydrogens (tertiary/aromatic N) is 4. The van der Waals surface area contributed by atoms with Crippen molar-refractivity contribution in [1.29, 1.82) is 0 Å². The maximum Gasteiger partial charge on any atom is 0.311 e. The number of hydrogen-bond acceptors (Lipinski definition) is 5. The molecule has 4 rings (SSSR count). The summed E-state index contributed by atoms with van der Waals surface area (Å²) in [6, 6.07) is 1.81. The Morgan fingerprint density at radius 1 is 1.35 bits per heavy atom. The standard InChI is InChI=1S/C16H18N4O3/c1-8-4-11(13-9(2)18-19(3)14(13)17-8)15(21)20-5-10-7-23-16(22)12(10)6-20/h4,10,12H,5-7H2,1-3H3/t10-,12-/m1/s1. The molecule has 0 saturated carbocycles. The third kappa shape index (κ3) is 2.03. The maximum atomic E-state index is 13.0. The smallest absolute Gasteiger partial charge is 0.311 e. The molecule has 0 spiro atoms. The molecule has 0 bridgehead atoms. The molecular weight excluding hydrogens is 296 g/mol. The number of carbonyl (C=O) groups is 2. The number of cyclic esters (lactones) is 1. The molecule has 120 valence electrons. The number of amides is 1. The van der Waals surface area contributed by atoms with Crippen LogP contribution in [-0.2, 0) is 16.6 Å². The van der Waals surface area contributed by atoms with Crippen LogP contribution >= 0.6 is 0 Å². The first-order chi connectivity index (χ1) is 11.0. The molecule has 2 aliphatic heterocycles. The molecule has 2 fully saturated rings. The number of aromatic nitrogens is 3. The molecule has 2 aromatic heterocycles. The topological polar surface area (TPSA) is 77.3 Å². The molecule has 7 heteroatoms. The Morgan fingerprint density at radius 2 is 2.13 bits per heavy atom. The zero-order chi connectivity index (χ0) is 16.3. The van der Waals surface area contributed by atoms with Crippen LogP contribution in [0.1, 0.15) is 21.7 Å². The van der Waals surface area contributed by atoms with E-state index in [9.17, 15) is 9.59 Å². The average Bonchev–Trinajstić information content (AvgIpc) is 3.15. The summed E-state index contributed by atoms with van der Waals surface area (Å²) >= 11 is 0.